The quantitative estimate of drug-likeness (QED) is 0.192. The normalized spacial score (nSPS) is 10.4. The minimum Gasteiger partial charge on any atom is -0.497 e. The fourth-order valence-corrected chi connectivity index (χ4v) is 4.56. The molecule has 2 amide bonds. The summed E-state index contributed by atoms with van der Waals surface area (Å²) in [4.78, 5) is 37.2. The Morgan fingerprint density at radius 2 is 1.49 bits per heavy atom. The molecule has 0 spiro atoms. The van der Waals surface area contributed by atoms with Crippen LogP contribution in [0.3, 0.4) is 0 Å². The Kier molecular flexibility index (Phi) is 7.86. The number of nitrogens with one attached hydrogen (secondary N) is 2. The maximum Gasteiger partial charge on any atom is 0.257 e. The number of methoxy groups -OCH3 is 1. The number of ketones is 1. The van der Waals surface area contributed by atoms with E-state index in [0.717, 1.165) is 0 Å². The summed E-state index contributed by atoms with van der Waals surface area (Å²) in [5.74, 6) is 0.183. The van der Waals surface area contributed by atoms with Gasteiger partial charge in [0.25, 0.3) is 5.91 Å². The lowest BCUT2D eigenvalue weighted by molar-refractivity contribution is -0.113. The summed E-state index contributed by atoms with van der Waals surface area (Å²) in [5, 5.41) is 13.8. The maximum atomic E-state index is 12.6. The number of thioether (sulfide) groups is 1. The van der Waals surface area contributed by atoms with Crippen molar-refractivity contribution in [3.63, 3.8) is 0 Å². The summed E-state index contributed by atoms with van der Waals surface area (Å²) >= 11 is 2.39. The first-order valence-electron chi connectivity index (χ1n) is 10.4. The summed E-state index contributed by atoms with van der Waals surface area (Å²) in [6.07, 6.45) is 0. The van der Waals surface area contributed by atoms with Crippen molar-refractivity contribution in [2.24, 2.45) is 0 Å². The number of ether oxygens (including phenoxy) is 1. The van der Waals surface area contributed by atoms with Gasteiger partial charge in [-0.2, -0.15) is 0 Å². The van der Waals surface area contributed by atoms with E-state index in [0.29, 0.717) is 37.6 Å². The third-order valence-electron chi connectivity index (χ3n) is 4.77. The van der Waals surface area contributed by atoms with E-state index in [1.54, 1.807) is 79.9 Å². The van der Waals surface area contributed by atoms with Crippen LogP contribution in [0.4, 0.5) is 10.8 Å². The smallest absolute Gasteiger partial charge is 0.257 e. The molecule has 8 nitrogen and oxygen atoms in total. The van der Waals surface area contributed by atoms with Crippen molar-refractivity contribution in [3.05, 3.63) is 95.6 Å². The highest BCUT2D eigenvalue weighted by Gasteiger charge is 2.14. The molecule has 0 radical (unpaired) electrons. The van der Waals surface area contributed by atoms with E-state index in [1.807, 2.05) is 6.07 Å². The minimum atomic E-state index is -0.367. The molecule has 3 aromatic carbocycles. The van der Waals surface area contributed by atoms with E-state index in [9.17, 15) is 14.4 Å². The molecule has 0 saturated heterocycles. The van der Waals surface area contributed by atoms with E-state index in [2.05, 4.69) is 20.8 Å². The van der Waals surface area contributed by atoms with Crippen molar-refractivity contribution >= 4 is 51.5 Å². The van der Waals surface area contributed by atoms with Gasteiger partial charge in [0.05, 0.1) is 12.9 Å². The number of benzene rings is 3. The van der Waals surface area contributed by atoms with Crippen LogP contribution in [-0.4, -0.2) is 40.7 Å². The average molecular weight is 505 g/mol. The van der Waals surface area contributed by atoms with Gasteiger partial charge in [-0.1, -0.05) is 65.6 Å². The van der Waals surface area contributed by atoms with E-state index in [1.165, 1.54) is 23.1 Å². The molecule has 1 aromatic heterocycles. The predicted octanol–water partition coefficient (Wildman–Crippen LogP) is 4.76. The van der Waals surface area contributed by atoms with Crippen LogP contribution < -0.4 is 15.4 Å². The Bertz CT molecular complexity index is 1320. The van der Waals surface area contributed by atoms with Crippen LogP contribution in [0.15, 0.2) is 83.2 Å². The van der Waals surface area contributed by atoms with Gasteiger partial charge in [0.15, 0.2) is 10.1 Å². The van der Waals surface area contributed by atoms with Gasteiger partial charge < -0.3 is 10.1 Å². The van der Waals surface area contributed by atoms with Crippen molar-refractivity contribution in [3.8, 4) is 5.75 Å². The molecule has 0 saturated carbocycles. The van der Waals surface area contributed by atoms with E-state index in [-0.39, 0.29) is 23.4 Å². The molecule has 0 atom stereocenters. The monoisotopic (exact) mass is 504 g/mol. The van der Waals surface area contributed by atoms with Crippen LogP contribution in [0.25, 0.3) is 0 Å². The van der Waals surface area contributed by atoms with Crippen molar-refractivity contribution in [2.45, 2.75) is 4.34 Å². The molecule has 35 heavy (non-hydrogen) atoms. The van der Waals surface area contributed by atoms with E-state index in [4.69, 9.17) is 4.74 Å². The van der Waals surface area contributed by atoms with Crippen LogP contribution >= 0.6 is 23.1 Å². The van der Waals surface area contributed by atoms with Gasteiger partial charge in [0.2, 0.25) is 11.0 Å². The summed E-state index contributed by atoms with van der Waals surface area (Å²) in [7, 11) is 1.58. The summed E-state index contributed by atoms with van der Waals surface area (Å²) in [6.45, 7) is 0. The molecular weight excluding hydrogens is 484 g/mol. The van der Waals surface area contributed by atoms with Gasteiger partial charge in [0, 0.05) is 22.4 Å². The zero-order valence-electron chi connectivity index (χ0n) is 18.6. The van der Waals surface area contributed by atoms with Crippen molar-refractivity contribution in [1.29, 1.82) is 0 Å². The Hall–Kier alpha value is -4.02. The number of aromatic nitrogens is 2. The number of hydrogen-bond acceptors (Lipinski definition) is 8. The number of nitrogens with zero attached hydrogens (tertiary/aromatic N) is 2. The molecule has 0 fully saturated rings. The van der Waals surface area contributed by atoms with Gasteiger partial charge >= 0.3 is 0 Å². The Balaban J connectivity index is 1.28. The first-order chi connectivity index (χ1) is 17.0. The maximum absolute atomic E-state index is 12.6. The van der Waals surface area contributed by atoms with Crippen LogP contribution in [0.2, 0.25) is 0 Å². The molecule has 0 aliphatic heterocycles. The largest absolute Gasteiger partial charge is 0.497 e. The van der Waals surface area contributed by atoms with Crippen molar-refractivity contribution in [1.82, 2.24) is 10.2 Å². The predicted molar refractivity (Wildman–Crippen MR) is 137 cm³/mol. The molecule has 0 unspecified atom stereocenters. The molecular formula is C25H20N4O4S2. The lowest BCUT2D eigenvalue weighted by atomic mass is 10.0. The number of carbonyl (C=O) groups is 3. The highest BCUT2D eigenvalue weighted by Crippen LogP contribution is 2.26. The number of carbonyl (C=O) groups excluding carboxylic acids is 3. The summed E-state index contributed by atoms with van der Waals surface area (Å²) in [6, 6.07) is 22.4. The standard InChI is InChI=1S/C25H20N4O4S2/c1-33-20-13-11-19(12-14-20)26-21(30)15-34-25-29-28-24(35-25)27-23(32)18-9-7-17(8-10-18)22(31)16-5-3-2-4-6-16/h2-14H,15H2,1H3,(H,26,30)(H,27,28,32). The molecule has 0 aliphatic rings. The number of amides is 2. The first-order valence-corrected chi connectivity index (χ1v) is 12.2. The fraction of sp³-hybridized carbons (Fsp3) is 0.0800. The summed E-state index contributed by atoms with van der Waals surface area (Å²) in [5.41, 5.74) is 2.13. The third kappa shape index (κ3) is 6.52. The van der Waals surface area contributed by atoms with Crippen molar-refractivity contribution < 1.29 is 19.1 Å². The van der Waals surface area contributed by atoms with Crippen LogP contribution in [0.1, 0.15) is 26.3 Å². The van der Waals surface area contributed by atoms with E-state index >= 15 is 0 Å². The second-order valence-corrected chi connectivity index (χ2v) is 9.37. The van der Waals surface area contributed by atoms with Crippen LogP contribution in [0.5, 0.6) is 5.75 Å². The Labute approximate surface area is 209 Å². The highest BCUT2D eigenvalue weighted by molar-refractivity contribution is 8.01. The molecule has 2 N–H and O–H groups in total. The molecule has 0 aliphatic carbocycles. The average Bonchev–Trinajstić information content (AvgIpc) is 3.35. The molecule has 0 bridgehead atoms. The van der Waals surface area contributed by atoms with E-state index < -0.39 is 0 Å². The molecule has 4 aromatic rings. The van der Waals surface area contributed by atoms with Gasteiger partial charge in [0.1, 0.15) is 5.75 Å². The topological polar surface area (TPSA) is 110 Å². The number of anilines is 2. The highest BCUT2D eigenvalue weighted by atomic mass is 32.2. The Morgan fingerprint density at radius 3 is 2.17 bits per heavy atom. The first kappa shape index (κ1) is 24.1. The summed E-state index contributed by atoms with van der Waals surface area (Å²) < 4.78 is 5.64. The van der Waals surface area contributed by atoms with Gasteiger partial charge in [-0.25, -0.2) is 0 Å². The van der Waals surface area contributed by atoms with Gasteiger partial charge in [-0.3, -0.25) is 19.7 Å². The third-order valence-corrected chi connectivity index (χ3v) is 6.74. The lowest BCUT2D eigenvalue weighted by Gasteiger charge is -2.05. The van der Waals surface area contributed by atoms with Crippen molar-refractivity contribution in [2.75, 3.05) is 23.5 Å². The SMILES string of the molecule is COc1ccc(NC(=O)CSc2nnc(NC(=O)c3ccc(C(=O)c4ccccc4)cc3)s2)cc1. The molecule has 1 heterocycles. The minimum absolute atomic E-state index is 0.112. The second kappa shape index (κ2) is 11.4. The number of hydrogen-bond donors (Lipinski definition) is 2. The lowest BCUT2D eigenvalue weighted by Crippen LogP contribution is -2.13. The molecule has 10 heteroatoms. The Morgan fingerprint density at radius 1 is 0.829 bits per heavy atom. The molecule has 4 rings (SSSR count). The second-order valence-electron chi connectivity index (χ2n) is 7.17. The number of rotatable bonds is 9. The zero-order valence-corrected chi connectivity index (χ0v) is 20.2. The van der Waals surface area contributed by atoms with Crippen LogP contribution in [0, 0.1) is 0 Å². The van der Waals surface area contributed by atoms with Gasteiger partial charge in [-0.15, -0.1) is 10.2 Å². The fourth-order valence-electron chi connectivity index (χ4n) is 3.02. The van der Waals surface area contributed by atoms with Gasteiger partial charge in [-0.05, 0) is 36.4 Å². The zero-order chi connectivity index (χ0) is 24.6. The van der Waals surface area contributed by atoms with Crippen LogP contribution in [-0.2, 0) is 4.79 Å². The molecule has 176 valence electrons.